The zero-order valence-electron chi connectivity index (χ0n) is 14.6. The maximum atomic E-state index is 13.1. The number of anilines is 2. The van der Waals surface area contributed by atoms with Gasteiger partial charge in [-0.2, -0.15) is 0 Å². The van der Waals surface area contributed by atoms with Crippen molar-refractivity contribution in [2.45, 2.75) is 16.7 Å². The number of nitrogens with zero attached hydrogens (tertiary/aromatic N) is 1. The number of benzene rings is 2. The van der Waals surface area contributed by atoms with Gasteiger partial charge >= 0.3 is 0 Å². The van der Waals surface area contributed by atoms with Gasteiger partial charge in [-0.05, 0) is 37.3 Å². The van der Waals surface area contributed by atoms with E-state index in [1.807, 2.05) is 36.4 Å². The molecule has 132 valence electrons. The van der Waals surface area contributed by atoms with Crippen molar-refractivity contribution < 1.29 is 9.53 Å². The lowest BCUT2D eigenvalue weighted by Gasteiger charge is -2.26. The van der Waals surface area contributed by atoms with Crippen LogP contribution in [0.5, 0.6) is 0 Å². The molecule has 2 aliphatic heterocycles. The molecule has 1 N–H and O–H groups in total. The highest BCUT2D eigenvalue weighted by molar-refractivity contribution is 7.99. The van der Waals surface area contributed by atoms with Crippen LogP contribution in [0.2, 0.25) is 0 Å². The second-order valence-electron chi connectivity index (χ2n) is 6.38. The third-order valence-electron chi connectivity index (χ3n) is 4.55. The topological polar surface area (TPSA) is 41.6 Å². The van der Waals surface area contributed by atoms with Crippen LogP contribution in [-0.4, -0.2) is 32.2 Å². The van der Waals surface area contributed by atoms with Crippen molar-refractivity contribution in [3.05, 3.63) is 48.0 Å². The van der Waals surface area contributed by atoms with Gasteiger partial charge in [0.25, 0.3) is 5.91 Å². The molecule has 0 radical (unpaired) electrons. The first kappa shape index (κ1) is 17.0. The van der Waals surface area contributed by atoms with E-state index >= 15 is 0 Å². The number of carbonyl (C=O) groups is 1. The van der Waals surface area contributed by atoms with E-state index in [0.717, 1.165) is 46.5 Å². The summed E-state index contributed by atoms with van der Waals surface area (Å²) >= 11 is 1.64. The molecule has 1 fully saturated rings. The first-order valence-electron chi connectivity index (χ1n) is 8.70. The van der Waals surface area contributed by atoms with E-state index in [9.17, 15) is 4.79 Å². The van der Waals surface area contributed by atoms with E-state index in [1.165, 1.54) is 0 Å². The average molecular weight is 364 g/mol. The monoisotopic (exact) mass is 364 g/mol. The molecule has 1 amide bonds. The number of ether oxygens (including phenoxy) is 1. The third-order valence-corrected chi connectivity index (χ3v) is 5.67. The number of fused-ring (bicyclic) bond motifs is 2. The zero-order valence-corrected chi connectivity index (χ0v) is 15.4. The van der Waals surface area contributed by atoms with Gasteiger partial charge in [-0.3, -0.25) is 9.69 Å². The van der Waals surface area contributed by atoms with Crippen LogP contribution in [0.3, 0.4) is 0 Å². The summed E-state index contributed by atoms with van der Waals surface area (Å²) in [6.45, 7) is 4.76. The SMILES string of the molecule is CC#CCN1C(=O)c2ccccc2Sc2cc(NCC3COC3)ccc21. The van der Waals surface area contributed by atoms with E-state index in [1.54, 1.807) is 23.6 Å². The Kier molecular flexibility index (Phi) is 4.87. The molecule has 4 nitrogen and oxygen atoms in total. The summed E-state index contributed by atoms with van der Waals surface area (Å²) in [4.78, 5) is 16.9. The highest BCUT2D eigenvalue weighted by Crippen LogP contribution is 2.42. The van der Waals surface area contributed by atoms with E-state index in [4.69, 9.17) is 4.74 Å². The molecule has 0 spiro atoms. The van der Waals surface area contributed by atoms with Gasteiger partial charge in [0.2, 0.25) is 0 Å². The lowest BCUT2D eigenvalue weighted by Crippen LogP contribution is -2.33. The number of hydrogen-bond acceptors (Lipinski definition) is 4. The number of amides is 1. The molecule has 1 saturated heterocycles. The molecule has 2 aliphatic rings. The van der Waals surface area contributed by atoms with Crippen LogP contribution in [-0.2, 0) is 4.74 Å². The average Bonchev–Trinajstić information content (AvgIpc) is 2.73. The Morgan fingerprint density at radius 3 is 2.85 bits per heavy atom. The Labute approximate surface area is 157 Å². The Morgan fingerprint density at radius 2 is 2.08 bits per heavy atom. The van der Waals surface area contributed by atoms with Gasteiger partial charge < -0.3 is 10.1 Å². The van der Waals surface area contributed by atoms with E-state index < -0.39 is 0 Å². The summed E-state index contributed by atoms with van der Waals surface area (Å²) in [6.07, 6.45) is 0. The minimum atomic E-state index is 0.00178. The Balaban J connectivity index is 1.69. The van der Waals surface area contributed by atoms with Crippen LogP contribution in [0, 0.1) is 17.8 Å². The summed E-state index contributed by atoms with van der Waals surface area (Å²) in [7, 11) is 0. The molecule has 2 heterocycles. The fourth-order valence-corrected chi connectivity index (χ4v) is 4.13. The van der Waals surface area contributed by atoms with Gasteiger partial charge in [0.15, 0.2) is 0 Å². The number of rotatable bonds is 4. The van der Waals surface area contributed by atoms with E-state index in [0.29, 0.717) is 12.5 Å². The van der Waals surface area contributed by atoms with Crippen molar-refractivity contribution in [2.24, 2.45) is 5.92 Å². The highest BCUT2D eigenvalue weighted by Gasteiger charge is 2.27. The van der Waals surface area contributed by atoms with Gasteiger partial charge in [0, 0.05) is 27.9 Å². The van der Waals surface area contributed by atoms with Gasteiger partial charge in [-0.1, -0.05) is 29.8 Å². The normalized spacial score (nSPS) is 15.9. The van der Waals surface area contributed by atoms with Crippen LogP contribution in [0.25, 0.3) is 0 Å². The molecular formula is C21H20N2O2S. The Morgan fingerprint density at radius 1 is 1.23 bits per heavy atom. The maximum absolute atomic E-state index is 13.1. The maximum Gasteiger partial charge on any atom is 0.260 e. The predicted octanol–water partition coefficient (Wildman–Crippen LogP) is 3.88. The van der Waals surface area contributed by atoms with Crippen molar-refractivity contribution >= 4 is 29.0 Å². The molecule has 26 heavy (non-hydrogen) atoms. The van der Waals surface area contributed by atoms with Gasteiger partial charge in [-0.25, -0.2) is 0 Å². The lowest BCUT2D eigenvalue weighted by atomic mass is 10.1. The molecule has 5 heteroatoms. The summed E-state index contributed by atoms with van der Waals surface area (Å²) in [5, 5.41) is 3.49. The molecule has 0 atom stereocenters. The van der Waals surface area contributed by atoms with Crippen molar-refractivity contribution in [2.75, 3.05) is 36.5 Å². The molecule has 4 rings (SSSR count). The molecule has 0 unspecified atom stereocenters. The zero-order chi connectivity index (χ0) is 17.9. The third kappa shape index (κ3) is 3.31. The number of carbonyl (C=O) groups excluding carboxylic acids is 1. The lowest BCUT2D eigenvalue weighted by molar-refractivity contribution is -0.0248. The summed E-state index contributed by atoms with van der Waals surface area (Å²) < 4.78 is 5.23. The van der Waals surface area contributed by atoms with E-state index in [-0.39, 0.29) is 5.91 Å². The van der Waals surface area contributed by atoms with Crippen LogP contribution < -0.4 is 10.2 Å². The fourth-order valence-electron chi connectivity index (χ4n) is 3.01. The standard InChI is InChI=1S/C21H20N2O2S/c1-2-3-10-23-18-9-8-16(22-12-15-13-25-14-15)11-20(18)26-19-7-5-4-6-17(19)21(23)24/h4-9,11,15,22H,10,12-14H2,1H3. The van der Waals surface area contributed by atoms with Crippen molar-refractivity contribution in [3.8, 4) is 11.8 Å². The predicted molar refractivity (Wildman–Crippen MR) is 105 cm³/mol. The van der Waals surface area contributed by atoms with Crippen LogP contribution in [0.1, 0.15) is 17.3 Å². The van der Waals surface area contributed by atoms with Crippen LogP contribution in [0.15, 0.2) is 52.3 Å². The second kappa shape index (κ2) is 7.45. The fraction of sp³-hybridized carbons (Fsp3) is 0.286. The first-order chi connectivity index (χ1) is 12.8. The number of nitrogens with one attached hydrogen (secondary N) is 1. The molecule has 0 aliphatic carbocycles. The van der Waals surface area contributed by atoms with Crippen molar-refractivity contribution in [1.82, 2.24) is 0 Å². The minimum absolute atomic E-state index is 0.00178. The van der Waals surface area contributed by atoms with Gasteiger partial charge in [0.05, 0.1) is 31.0 Å². The molecule has 0 aromatic heterocycles. The summed E-state index contributed by atoms with van der Waals surface area (Å²) in [6, 6.07) is 13.9. The van der Waals surface area contributed by atoms with Gasteiger partial charge in [0.1, 0.15) is 0 Å². The molecule has 0 saturated carbocycles. The Bertz CT molecular complexity index is 896. The molecule has 2 aromatic carbocycles. The Hall–Kier alpha value is -2.42. The van der Waals surface area contributed by atoms with Crippen molar-refractivity contribution in [1.29, 1.82) is 0 Å². The quantitative estimate of drug-likeness (QED) is 0.836. The number of hydrogen-bond donors (Lipinski definition) is 1. The van der Waals surface area contributed by atoms with Crippen LogP contribution in [0.4, 0.5) is 11.4 Å². The largest absolute Gasteiger partial charge is 0.385 e. The second-order valence-corrected chi connectivity index (χ2v) is 7.47. The molecule has 2 aromatic rings. The summed E-state index contributed by atoms with van der Waals surface area (Å²) in [5.41, 5.74) is 2.71. The van der Waals surface area contributed by atoms with Crippen LogP contribution >= 0.6 is 11.8 Å². The van der Waals surface area contributed by atoms with Gasteiger partial charge in [-0.15, -0.1) is 5.92 Å². The molecular weight excluding hydrogens is 344 g/mol. The minimum Gasteiger partial charge on any atom is -0.385 e. The van der Waals surface area contributed by atoms with E-state index in [2.05, 4.69) is 23.2 Å². The van der Waals surface area contributed by atoms with Crippen molar-refractivity contribution in [3.63, 3.8) is 0 Å². The first-order valence-corrected chi connectivity index (χ1v) is 9.52. The summed E-state index contributed by atoms with van der Waals surface area (Å²) in [5.74, 6) is 6.51. The smallest absolute Gasteiger partial charge is 0.260 e. The highest BCUT2D eigenvalue weighted by atomic mass is 32.2. The molecule has 0 bridgehead atoms.